The Labute approximate surface area is 90.1 Å². The van der Waals surface area contributed by atoms with Gasteiger partial charge < -0.3 is 15.2 Å². The van der Waals surface area contributed by atoms with Crippen LogP contribution in [0.2, 0.25) is 0 Å². The molecule has 1 aromatic rings. The number of halogens is 1. The fourth-order valence-corrected chi connectivity index (χ4v) is 0.888. The Balaban J connectivity index is 2.37. The monoisotopic (exact) mass is 228 g/mol. The molecule has 0 unspecified atom stereocenters. The van der Waals surface area contributed by atoms with Crippen LogP contribution in [0.25, 0.3) is 0 Å². The Bertz CT molecular complexity index is 397. The summed E-state index contributed by atoms with van der Waals surface area (Å²) in [5, 5.41) is 10.5. The van der Waals surface area contributed by atoms with Gasteiger partial charge in [-0.25, -0.2) is 9.78 Å². The SMILES string of the molecule is O=C(O)COCC(=O)Nc1cccc(F)n1. The summed E-state index contributed by atoms with van der Waals surface area (Å²) in [6.07, 6.45) is 0. The molecule has 0 bridgehead atoms. The van der Waals surface area contributed by atoms with E-state index in [0.717, 1.165) is 6.07 Å². The van der Waals surface area contributed by atoms with Crippen molar-refractivity contribution in [2.24, 2.45) is 0 Å². The molecule has 0 fully saturated rings. The maximum atomic E-state index is 12.6. The molecule has 0 spiro atoms. The van der Waals surface area contributed by atoms with Gasteiger partial charge in [-0.3, -0.25) is 4.79 Å². The fourth-order valence-electron chi connectivity index (χ4n) is 0.888. The second-order valence-corrected chi connectivity index (χ2v) is 2.78. The molecule has 0 atom stereocenters. The molecule has 1 heterocycles. The number of ether oxygens (including phenoxy) is 1. The molecule has 0 saturated carbocycles. The predicted octanol–water partition coefficient (Wildman–Crippen LogP) is 0.260. The highest BCUT2D eigenvalue weighted by atomic mass is 19.1. The number of nitrogens with one attached hydrogen (secondary N) is 1. The number of carboxylic acid groups (broad SMARTS) is 1. The molecule has 1 rings (SSSR count). The number of aromatic nitrogens is 1. The standard InChI is InChI=1S/C9H9FN2O4/c10-6-2-1-3-7(11-6)12-8(13)4-16-5-9(14)15/h1-3H,4-5H2,(H,14,15)(H,11,12,13). The van der Waals surface area contributed by atoms with Gasteiger partial charge in [0.2, 0.25) is 5.95 Å². The minimum Gasteiger partial charge on any atom is -0.480 e. The third kappa shape index (κ3) is 4.47. The Morgan fingerprint density at radius 1 is 1.44 bits per heavy atom. The van der Waals surface area contributed by atoms with Crippen molar-refractivity contribution in [3.63, 3.8) is 0 Å². The molecule has 7 heteroatoms. The van der Waals surface area contributed by atoms with Gasteiger partial charge in [0.05, 0.1) is 0 Å². The zero-order valence-electron chi connectivity index (χ0n) is 8.14. The van der Waals surface area contributed by atoms with Crippen LogP contribution in [0, 0.1) is 5.95 Å². The highest BCUT2D eigenvalue weighted by Gasteiger charge is 2.05. The van der Waals surface area contributed by atoms with E-state index in [0.29, 0.717) is 0 Å². The van der Waals surface area contributed by atoms with Crippen molar-refractivity contribution in [1.29, 1.82) is 0 Å². The number of hydrogen-bond donors (Lipinski definition) is 2. The van der Waals surface area contributed by atoms with E-state index in [-0.39, 0.29) is 5.82 Å². The quantitative estimate of drug-likeness (QED) is 0.706. The van der Waals surface area contributed by atoms with E-state index in [1.807, 2.05) is 0 Å². The maximum Gasteiger partial charge on any atom is 0.329 e. The first-order chi connectivity index (χ1) is 7.58. The molecular formula is C9H9FN2O4. The largest absolute Gasteiger partial charge is 0.480 e. The van der Waals surface area contributed by atoms with Gasteiger partial charge in [0.25, 0.3) is 5.91 Å². The fraction of sp³-hybridized carbons (Fsp3) is 0.222. The first-order valence-corrected chi connectivity index (χ1v) is 4.30. The predicted molar refractivity (Wildman–Crippen MR) is 51.3 cm³/mol. The molecule has 2 N–H and O–H groups in total. The van der Waals surface area contributed by atoms with Crippen molar-refractivity contribution >= 4 is 17.7 Å². The summed E-state index contributed by atoms with van der Waals surface area (Å²) in [5.41, 5.74) is 0. The summed E-state index contributed by atoms with van der Waals surface area (Å²) in [6.45, 7) is -0.992. The number of carbonyl (C=O) groups excluding carboxylic acids is 1. The lowest BCUT2D eigenvalue weighted by Gasteiger charge is -2.03. The Morgan fingerprint density at radius 2 is 2.19 bits per heavy atom. The van der Waals surface area contributed by atoms with Gasteiger partial charge in [-0.1, -0.05) is 6.07 Å². The number of rotatable bonds is 5. The van der Waals surface area contributed by atoms with Crippen molar-refractivity contribution in [1.82, 2.24) is 4.98 Å². The number of carboxylic acids is 1. The van der Waals surface area contributed by atoms with Crippen molar-refractivity contribution < 1.29 is 23.8 Å². The first-order valence-electron chi connectivity index (χ1n) is 4.30. The molecule has 0 aliphatic heterocycles. The zero-order valence-corrected chi connectivity index (χ0v) is 8.14. The van der Waals surface area contributed by atoms with E-state index < -0.39 is 31.0 Å². The molecule has 86 valence electrons. The van der Waals surface area contributed by atoms with Crippen LogP contribution in [0.4, 0.5) is 10.2 Å². The topological polar surface area (TPSA) is 88.5 Å². The molecule has 0 aromatic carbocycles. The molecule has 16 heavy (non-hydrogen) atoms. The van der Waals surface area contributed by atoms with Gasteiger partial charge in [-0.15, -0.1) is 0 Å². The average Bonchev–Trinajstić information content (AvgIpc) is 2.16. The van der Waals surface area contributed by atoms with Gasteiger partial charge in [-0.2, -0.15) is 4.39 Å². The number of nitrogens with zero attached hydrogens (tertiary/aromatic N) is 1. The molecule has 0 saturated heterocycles. The van der Waals surface area contributed by atoms with Crippen molar-refractivity contribution in [3.8, 4) is 0 Å². The molecule has 0 radical (unpaired) electrons. The number of aliphatic carboxylic acids is 1. The van der Waals surface area contributed by atoms with Crippen LogP contribution in [0.1, 0.15) is 0 Å². The van der Waals surface area contributed by atoms with Crippen molar-refractivity contribution in [3.05, 3.63) is 24.1 Å². The maximum absolute atomic E-state index is 12.6. The van der Waals surface area contributed by atoms with Crippen LogP contribution in [0.15, 0.2) is 18.2 Å². The van der Waals surface area contributed by atoms with Crippen molar-refractivity contribution in [2.75, 3.05) is 18.5 Å². The third-order valence-corrected chi connectivity index (χ3v) is 1.44. The van der Waals surface area contributed by atoms with Crippen LogP contribution in [0.3, 0.4) is 0 Å². The van der Waals surface area contributed by atoms with Crippen LogP contribution < -0.4 is 5.32 Å². The molecule has 1 amide bonds. The first kappa shape index (κ1) is 12.1. The zero-order chi connectivity index (χ0) is 12.0. The van der Waals surface area contributed by atoms with Gasteiger partial charge >= 0.3 is 5.97 Å². The van der Waals surface area contributed by atoms with E-state index in [4.69, 9.17) is 5.11 Å². The number of amides is 1. The lowest BCUT2D eigenvalue weighted by Crippen LogP contribution is -2.21. The van der Waals surface area contributed by atoms with Crippen LogP contribution >= 0.6 is 0 Å². The number of carbonyl (C=O) groups is 2. The van der Waals surface area contributed by atoms with E-state index in [9.17, 15) is 14.0 Å². The number of anilines is 1. The van der Waals surface area contributed by atoms with E-state index >= 15 is 0 Å². The second-order valence-electron chi connectivity index (χ2n) is 2.78. The minimum atomic E-state index is -1.17. The summed E-state index contributed by atoms with van der Waals surface area (Å²) in [5.74, 6) is -2.44. The Hall–Kier alpha value is -2.02. The number of hydrogen-bond acceptors (Lipinski definition) is 4. The normalized spacial score (nSPS) is 9.81. The van der Waals surface area contributed by atoms with Gasteiger partial charge in [0.15, 0.2) is 0 Å². The minimum absolute atomic E-state index is 0.0453. The lowest BCUT2D eigenvalue weighted by molar-refractivity contribution is -0.143. The van der Waals surface area contributed by atoms with Crippen LogP contribution in [-0.4, -0.2) is 35.2 Å². The summed E-state index contributed by atoms with van der Waals surface area (Å²) in [7, 11) is 0. The molecule has 0 aliphatic carbocycles. The highest BCUT2D eigenvalue weighted by molar-refractivity contribution is 5.90. The Kier molecular flexibility index (Phi) is 4.34. The molecule has 0 aliphatic rings. The summed E-state index contributed by atoms with van der Waals surface area (Å²) >= 11 is 0. The van der Waals surface area contributed by atoms with Crippen molar-refractivity contribution in [2.45, 2.75) is 0 Å². The van der Waals surface area contributed by atoms with E-state index in [2.05, 4.69) is 15.0 Å². The molecular weight excluding hydrogens is 219 g/mol. The summed E-state index contributed by atoms with van der Waals surface area (Å²) in [6, 6.07) is 3.92. The van der Waals surface area contributed by atoms with Gasteiger partial charge in [-0.05, 0) is 12.1 Å². The summed E-state index contributed by atoms with van der Waals surface area (Å²) in [4.78, 5) is 24.6. The van der Waals surface area contributed by atoms with Crippen LogP contribution in [0.5, 0.6) is 0 Å². The smallest absolute Gasteiger partial charge is 0.329 e. The lowest BCUT2D eigenvalue weighted by atomic mass is 10.4. The van der Waals surface area contributed by atoms with E-state index in [1.54, 1.807) is 0 Å². The highest BCUT2D eigenvalue weighted by Crippen LogP contribution is 2.02. The summed E-state index contributed by atoms with van der Waals surface area (Å²) < 4.78 is 17.1. The number of pyridine rings is 1. The average molecular weight is 228 g/mol. The third-order valence-electron chi connectivity index (χ3n) is 1.44. The Morgan fingerprint density at radius 3 is 2.81 bits per heavy atom. The van der Waals surface area contributed by atoms with Gasteiger partial charge in [0.1, 0.15) is 19.0 Å². The van der Waals surface area contributed by atoms with E-state index in [1.165, 1.54) is 12.1 Å². The molecule has 6 nitrogen and oxygen atoms in total. The van der Waals surface area contributed by atoms with Crippen LogP contribution in [-0.2, 0) is 14.3 Å². The van der Waals surface area contributed by atoms with Gasteiger partial charge in [0, 0.05) is 0 Å². The molecule has 1 aromatic heterocycles. The second kappa shape index (κ2) is 5.76.